The van der Waals surface area contributed by atoms with Crippen LogP contribution in [0.4, 0.5) is 5.69 Å². The average Bonchev–Trinajstić information content (AvgIpc) is 2.76. The van der Waals surface area contributed by atoms with Crippen molar-refractivity contribution in [2.45, 2.75) is 6.42 Å². The second-order valence-corrected chi connectivity index (χ2v) is 6.44. The molecule has 0 atom stereocenters. The van der Waals surface area contributed by atoms with Crippen molar-refractivity contribution >= 4 is 5.69 Å². The topological polar surface area (TPSA) is 30.9 Å². The summed E-state index contributed by atoms with van der Waals surface area (Å²) in [7, 11) is 2.10. The molecule has 0 aromatic heterocycles. The van der Waals surface area contributed by atoms with Gasteiger partial charge in [-0.3, -0.25) is 0 Å². The summed E-state index contributed by atoms with van der Waals surface area (Å²) in [5, 5.41) is 0. The zero-order valence-electron chi connectivity index (χ0n) is 16.3. The van der Waals surface area contributed by atoms with Crippen LogP contribution in [0.3, 0.4) is 0 Å². The molecule has 0 aliphatic rings. The molecule has 4 nitrogen and oxygen atoms in total. The molecule has 0 spiro atoms. The predicted molar refractivity (Wildman–Crippen MR) is 114 cm³/mol. The molecule has 0 heterocycles. The highest BCUT2D eigenvalue weighted by Crippen LogP contribution is 2.18. The van der Waals surface area contributed by atoms with Crippen LogP contribution in [0.1, 0.15) is 6.42 Å². The Balaban J connectivity index is 1.31. The Morgan fingerprint density at radius 2 is 1.04 bits per heavy atom. The number of hydrogen-bond donors (Lipinski definition) is 0. The van der Waals surface area contributed by atoms with Crippen LogP contribution < -0.4 is 19.1 Å². The fraction of sp³-hybridized carbons (Fsp3) is 0.250. The van der Waals surface area contributed by atoms with Crippen LogP contribution in [0, 0.1) is 0 Å². The second-order valence-electron chi connectivity index (χ2n) is 6.44. The van der Waals surface area contributed by atoms with Gasteiger partial charge in [-0.25, -0.2) is 0 Å². The molecule has 0 bridgehead atoms. The van der Waals surface area contributed by atoms with E-state index in [4.69, 9.17) is 14.2 Å². The van der Waals surface area contributed by atoms with Crippen LogP contribution in [-0.4, -0.2) is 33.4 Å². The Bertz CT molecular complexity index is 791. The van der Waals surface area contributed by atoms with Gasteiger partial charge < -0.3 is 19.1 Å². The van der Waals surface area contributed by atoms with Crippen molar-refractivity contribution in [1.82, 2.24) is 0 Å². The molecule has 28 heavy (non-hydrogen) atoms. The summed E-state index contributed by atoms with van der Waals surface area (Å²) in [6, 6.07) is 27.8. The minimum atomic E-state index is 0.501. The van der Waals surface area contributed by atoms with Gasteiger partial charge in [-0.15, -0.1) is 0 Å². The van der Waals surface area contributed by atoms with E-state index in [0.29, 0.717) is 19.8 Å². The van der Waals surface area contributed by atoms with Crippen molar-refractivity contribution in [2.24, 2.45) is 0 Å². The molecule has 0 saturated carbocycles. The van der Waals surface area contributed by atoms with Crippen molar-refractivity contribution in [3.63, 3.8) is 0 Å². The van der Waals surface area contributed by atoms with Crippen molar-refractivity contribution in [3.8, 4) is 17.2 Å². The summed E-state index contributed by atoms with van der Waals surface area (Å²) < 4.78 is 17.1. The van der Waals surface area contributed by atoms with Gasteiger partial charge in [0.15, 0.2) is 0 Å². The summed E-state index contributed by atoms with van der Waals surface area (Å²) in [6.45, 7) is 2.65. The minimum Gasteiger partial charge on any atom is -0.494 e. The Morgan fingerprint density at radius 3 is 1.61 bits per heavy atom. The molecule has 0 radical (unpaired) electrons. The third-order valence-electron chi connectivity index (χ3n) is 4.29. The predicted octanol–water partition coefficient (Wildman–Crippen LogP) is 5.05. The van der Waals surface area contributed by atoms with Crippen molar-refractivity contribution < 1.29 is 14.2 Å². The van der Waals surface area contributed by atoms with Crippen molar-refractivity contribution in [3.05, 3.63) is 84.9 Å². The van der Waals surface area contributed by atoms with E-state index in [-0.39, 0.29) is 0 Å². The van der Waals surface area contributed by atoms with Gasteiger partial charge in [0.25, 0.3) is 0 Å². The Labute approximate surface area is 167 Å². The highest BCUT2D eigenvalue weighted by atomic mass is 16.5. The molecule has 3 rings (SSSR count). The lowest BCUT2D eigenvalue weighted by Crippen LogP contribution is -2.20. The lowest BCUT2D eigenvalue weighted by molar-refractivity contribution is 0.217. The summed E-state index contributed by atoms with van der Waals surface area (Å²) >= 11 is 0. The maximum Gasteiger partial charge on any atom is 0.122 e. The van der Waals surface area contributed by atoms with Crippen LogP contribution in [0.2, 0.25) is 0 Å². The molecule has 0 fully saturated rings. The molecular weight excluding hydrogens is 350 g/mol. The number of ether oxygens (including phenoxy) is 3. The van der Waals surface area contributed by atoms with Gasteiger partial charge >= 0.3 is 0 Å². The van der Waals surface area contributed by atoms with Gasteiger partial charge in [0.05, 0.1) is 6.61 Å². The first-order valence-corrected chi connectivity index (χ1v) is 9.61. The van der Waals surface area contributed by atoms with Crippen LogP contribution in [0.25, 0.3) is 0 Å². The number of rotatable bonds is 11. The second kappa shape index (κ2) is 10.9. The molecular formula is C24H27NO3. The Kier molecular flexibility index (Phi) is 7.62. The third kappa shape index (κ3) is 6.54. The fourth-order valence-electron chi connectivity index (χ4n) is 2.77. The summed E-state index contributed by atoms with van der Waals surface area (Å²) in [6.07, 6.45) is 0.959. The monoisotopic (exact) mass is 377 g/mol. The van der Waals surface area contributed by atoms with Crippen LogP contribution in [0.5, 0.6) is 17.2 Å². The number of nitrogens with zero attached hydrogens (tertiary/aromatic N) is 1. The van der Waals surface area contributed by atoms with Crippen LogP contribution in [-0.2, 0) is 0 Å². The van der Waals surface area contributed by atoms with E-state index in [1.54, 1.807) is 0 Å². The van der Waals surface area contributed by atoms with E-state index >= 15 is 0 Å². The van der Waals surface area contributed by atoms with Crippen LogP contribution >= 0.6 is 0 Å². The first-order chi connectivity index (χ1) is 13.8. The van der Waals surface area contributed by atoms with E-state index in [9.17, 15) is 0 Å². The molecule has 3 aromatic rings. The maximum absolute atomic E-state index is 5.82. The van der Waals surface area contributed by atoms with Gasteiger partial charge in [0, 0.05) is 19.3 Å². The zero-order chi connectivity index (χ0) is 19.4. The Hall–Kier alpha value is -3.14. The molecule has 4 heteroatoms. The first kappa shape index (κ1) is 19.6. The smallest absolute Gasteiger partial charge is 0.122 e. The summed E-state index contributed by atoms with van der Waals surface area (Å²) in [5.41, 5.74) is 1.22. The first-order valence-electron chi connectivity index (χ1n) is 9.61. The van der Waals surface area contributed by atoms with Gasteiger partial charge in [-0.1, -0.05) is 36.4 Å². The van der Waals surface area contributed by atoms with Gasteiger partial charge in [0.1, 0.15) is 30.5 Å². The largest absolute Gasteiger partial charge is 0.494 e. The molecule has 0 N–H and O–H groups in total. The van der Waals surface area contributed by atoms with E-state index in [1.807, 2.05) is 60.7 Å². The standard InChI is InChI=1S/C24H27NO3/c1-25(21-9-4-2-5-10-21)17-8-18-26-23-13-15-24(16-14-23)28-20-19-27-22-11-6-3-7-12-22/h2-7,9-16H,8,17-20H2,1H3. The average molecular weight is 377 g/mol. The van der Waals surface area contributed by atoms with Gasteiger partial charge in [-0.2, -0.15) is 0 Å². The SMILES string of the molecule is CN(CCCOc1ccc(OCCOc2ccccc2)cc1)c1ccccc1. The van der Waals surface area contributed by atoms with Crippen molar-refractivity contribution in [1.29, 1.82) is 0 Å². The number of para-hydroxylation sites is 2. The Morgan fingerprint density at radius 1 is 0.571 bits per heavy atom. The van der Waals surface area contributed by atoms with Crippen molar-refractivity contribution in [2.75, 3.05) is 38.3 Å². The molecule has 0 amide bonds. The lowest BCUT2D eigenvalue weighted by atomic mass is 10.3. The normalized spacial score (nSPS) is 10.3. The lowest BCUT2D eigenvalue weighted by Gasteiger charge is -2.19. The van der Waals surface area contributed by atoms with E-state index in [1.165, 1.54) is 5.69 Å². The van der Waals surface area contributed by atoms with Gasteiger partial charge in [0.2, 0.25) is 0 Å². The zero-order valence-corrected chi connectivity index (χ0v) is 16.3. The maximum atomic E-state index is 5.82. The van der Waals surface area contributed by atoms with Crippen LogP contribution in [0.15, 0.2) is 84.9 Å². The molecule has 0 aliphatic carbocycles. The number of anilines is 1. The quantitative estimate of drug-likeness (QED) is 0.438. The number of hydrogen-bond acceptors (Lipinski definition) is 4. The van der Waals surface area contributed by atoms with E-state index in [0.717, 1.165) is 30.2 Å². The molecule has 3 aromatic carbocycles. The minimum absolute atomic E-state index is 0.501. The number of benzene rings is 3. The third-order valence-corrected chi connectivity index (χ3v) is 4.29. The van der Waals surface area contributed by atoms with E-state index < -0.39 is 0 Å². The summed E-state index contributed by atoms with van der Waals surface area (Å²) in [5.74, 6) is 2.52. The highest BCUT2D eigenvalue weighted by Gasteiger charge is 2.01. The summed E-state index contributed by atoms with van der Waals surface area (Å²) in [4.78, 5) is 2.23. The molecule has 0 aliphatic heterocycles. The highest BCUT2D eigenvalue weighted by molar-refractivity contribution is 5.44. The molecule has 146 valence electrons. The molecule has 0 unspecified atom stereocenters. The van der Waals surface area contributed by atoms with Gasteiger partial charge in [-0.05, 0) is 55.0 Å². The fourth-order valence-corrected chi connectivity index (χ4v) is 2.77. The van der Waals surface area contributed by atoms with E-state index in [2.05, 4.69) is 36.2 Å². The molecule has 0 saturated heterocycles.